The van der Waals surface area contributed by atoms with Gasteiger partial charge < -0.3 is 16.2 Å². The molecule has 0 unspecified atom stereocenters. The lowest BCUT2D eigenvalue weighted by Gasteiger charge is -2.11. The highest BCUT2D eigenvalue weighted by molar-refractivity contribution is 7.99. The van der Waals surface area contributed by atoms with Gasteiger partial charge in [-0.3, -0.25) is 4.79 Å². The minimum absolute atomic E-state index is 0.00359. The second-order valence-electron chi connectivity index (χ2n) is 6.44. The number of hydrogen-bond donors (Lipinski definition) is 3. The van der Waals surface area contributed by atoms with Crippen molar-refractivity contribution in [2.24, 2.45) is 0 Å². The number of aromatic carboxylic acids is 1. The largest absolute Gasteiger partial charge is 0.478 e. The summed E-state index contributed by atoms with van der Waals surface area (Å²) in [6.45, 7) is 3.67. The zero-order valence-corrected chi connectivity index (χ0v) is 16.3. The van der Waals surface area contributed by atoms with E-state index < -0.39 is 11.9 Å². The molecule has 1 amide bonds. The maximum absolute atomic E-state index is 12.6. The van der Waals surface area contributed by atoms with E-state index >= 15 is 0 Å². The molecule has 28 heavy (non-hydrogen) atoms. The summed E-state index contributed by atoms with van der Waals surface area (Å²) in [6.07, 6.45) is 0. The normalized spacial score (nSPS) is 10.5. The summed E-state index contributed by atoms with van der Waals surface area (Å²) in [5.74, 6) is -1.57. The molecule has 0 heterocycles. The van der Waals surface area contributed by atoms with Crippen LogP contribution in [-0.2, 0) is 0 Å². The lowest BCUT2D eigenvalue weighted by Crippen LogP contribution is -2.17. The number of carboxylic acid groups (broad SMARTS) is 1. The Morgan fingerprint density at radius 2 is 1.36 bits per heavy atom. The van der Waals surface area contributed by atoms with E-state index in [9.17, 15) is 14.7 Å². The van der Waals surface area contributed by atoms with Crippen LogP contribution in [-0.4, -0.2) is 17.0 Å². The second kappa shape index (κ2) is 8.19. The van der Waals surface area contributed by atoms with Gasteiger partial charge in [-0.15, -0.1) is 0 Å². The minimum Gasteiger partial charge on any atom is -0.478 e. The molecule has 0 aliphatic heterocycles. The second-order valence-corrected chi connectivity index (χ2v) is 7.58. The maximum Gasteiger partial charge on any atom is 0.336 e. The SMILES string of the molecule is Cc1cc(C(=O)O)c(C(=O)Nc2ccc(Sc3ccc(N)cc3)cc2)cc1C. The van der Waals surface area contributed by atoms with E-state index in [1.54, 1.807) is 30.0 Å². The quantitative estimate of drug-likeness (QED) is 0.532. The molecule has 0 fully saturated rings. The Kier molecular flexibility index (Phi) is 5.70. The summed E-state index contributed by atoms with van der Waals surface area (Å²) in [4.78, 5) is 26.2. The first-order valence-electron chi connectivity index (χ1n) is 8.63. The Hall–Kier alpha value is -3.25. The molecule has 4 N–H and O–H groups in total. The predicted molar refractivity (Wildman–Crippen MR) is 112 cm³/mol. The predicted octanol–water partition coefficient (Wildman–Crippen LogP) is 4.99. The van der Waals surface area contributed by atoms with Gasteiger partial charge in [0.05, 0.1) is 11.1 Å². The summed E-state index contributed by atoms with van der Waals surface area (Å²) in [7, 11) is 0. The molecule has 0 saturated heterocycles. The third kappa shape index (κ3) is 4.53. The van der Waals surface area contributed by atoms with Gasteiger partial charge in [0.1, 0.15) is 0 Å². The van der Waals surface area contributed by atoms with Crippen LogP contribution in [0.5, 0.6) is 0 Å². The van der Waals surface area contributed by atoms with E-state index in [0.717, 1.165) is 26.6 Å². The molecule has 3 aromatic rings. The number of anilines is 2. The number of amides is 1. The minimum atomic E-state index is -1.12. The highest BCUT2D eigenvalue weighted by atomic mass is 32.2. The first-order valence-corrected chi connectivity index (χ1v) is 9.44. The van der Waals surface area contributed by atoms with E-state index in [1.165, 1.54) is 6.07 Å². The smallest absolute Gasteiger partial charge is 0.336 e. The molecule has 0 radical (unpaired) electrons. The molecule has 0 aliphatic carbocycles. The average Bonchev–Trinajstić information content (AvgIpc) is 2.66. The van der Waals surface area contributed by atoms with Gasteiger partial charge in [0.15, 0.2) is 0 Å². The number of benzene rings is 3. The zero-order chi connectivity index (χ0) is 20.3. The van der Waals surface area contributed by atoms with Gasteiger partial charge in [-0.2, -0.15) is 0 Å². The topological polar surface area (TPSA) is 92.4 Å². The number of rotatable bonds is 5. The number of carboxylic acids is 1. The molecule has 0 aliphatic rings. The summed E-state index contributed by atoms with van der Waals surface area (Å²) < 4.78 is 0. The van der Waals surface area contributed by atoms with Crippen molar-refractivity contribution in [1.29, 1.82) is 0 Å². The number of hydrogen-bond acceptors (Lipinski definition) is 4. The molecule has 3 rings (SSSR count). The van der Waals surface area contributed by atoms with Crippen LogP contribution in [0.15, 0.2) is 70.5 Å². The van der Waals surface area contributed by atoms with E-state index in [-0.39, 0.29) is 11.1 Å². The highest BCUT2D eigenvalue weighted by Crippen LogP contribution is 2.29. The van der Waals surface area contributed by atoms with Crippen molar-refractivity contribution < 1.29 is 14.7 Å². The first-order chi connectivity index (χ1) is 13.3. The van der Waals surface area contributed by atoms with Crippen molar-refractivity contribution in [3.05, 3.63) is 82.9 Å². The third-order valence-corrected chi connectivity index (χ3v) is 5.35. The fourth-order valence-corrected chi connectivity index (χ4v) is 3.47. The van der Waals surface area contributed by atoms with Gasteiger partial charge in [0.2, 0.25) is 0 Å². The molecule has 142 valence electrons. The van der Waals surface area contributed by atoms with Crippen LogP contribution < -0.4 is 11.1 Å². The summed E-state index contributed by atoms with van der Waals surface area (Å²) >= 11 is 1.58. The number of carbonyl (C=O) groups excluding carboxylic acids is 1. The van der Waals surface area contributed by atoms with Crippen LogP contribution in [0.25, 0.3) is 0 Å². The van der Waals surface area contributed by atoms with Crippen molar-refractivity contribution in [1.82, 2.24) is 0 Å². The lowest BCUT2D eigenvalue weighted by atomic mass is 9.99. The number of nitrogens with two attached hydrogens (primary N) is 1. The Morgan fingerprint density at radius 3 is 1.89 bits per heavy atom. The average molecular weight is 392 g/mol. The van der Waals surface area contributed by atoms with Crippen LogP contribution in [0.2, 0.25) is 0 Å². The first kappa shape index (κ1) is 19.5. The van der Waals surface area contributed by atoms with Gasteiger partial charge in [-0.25, -0.2) is 4.79 Å². The molecule has 0 saturated carbocycles. The Labute approximate surface area is 167 Å². The summed E-state index contributed by atoms with van der Waals surface area (Å²) in [5.41, 5.74) is 8.85. The Balaban J connectivity index is 1.75. The van der Waals surface area contributed by atoms with Crippen LogP contribution >= 0.6 is 11.8 Å². The summed E-state index contributed by atoms with van der Waals surface area (Å²) in [6, 6.07) is 18.1. The molecule has 3 aromatic carbocycles. The van der Waals surface area contributed by atoms with Gasteiger partial charge in [0.25, 0.3) is 5.91 Å². The lowest BCUT2D eigenvalue weighted by molar-refractivity contribution is 0.0692. The third-order valence-electron chi connectivity index (χ3n) is 4.34. The maximum atomic E-state index is 12.6. The van der Waals surface area contributed by atoms with Crippen molar-refractivity contribution in [3.8, 4) is 0 Å². The number of nitrogens with one attached hydrogen (secondary N) is 1. The highest BCUT2D eigenvalue weighted by Gasteiger charge is 2.18. The van der Waals surface area contributed by atoms with Crippen molar-refractivity contribution in [3.63, 3.8) is 0 Å². The Bertz CT molecular complexity index is 1030. The standard InChI is InChI=1S/C22H20N2O3S/c1-13-11-19(20(22(26)27)12-14(13)2)21(25)24-16-5-9-18(10-6-16)28-17-7-3-15(23)4-8-17/h3-12H,23H2,1-2H3,(H,24,25)(H,26,27). The van der Waals surface area contributed by atoms with Crippen LogP contribution in [0.3, 0.4) is 0 Å². The molecular weight excluding hydrogens is 372 g/mol. The number of aryl methyl sites for hydroxylation is 2. The fraction of sp³-hybridized carbons (Fsp3) is 0.0909. The van der Waals surface area contributed by atoms with E-state index in [2.05, 4.69) is 5.32 Å². The molecule has 5 nitrogen and oxygen atoms in total. The van der Waals surface area contributed by atoms with Gasteiger partial charge in [-0.05, 0) is 85.6 Å². The number of nitrogen functional groups attached to an aromatic ring is 1. The molecule has 6 heteroatoms. The molecular formula is C22H20N2O3S. The molecule has 0 aromatic heterocycles. The van der Waals surface area contributed by atoms with E-state index in [4.69, 9.17) is 5.73 Å². The van der Waals surface area contributed by atoms with Crippen molar-refractivity contribution in [2.75, 3.05) is 11.1 Å². The monoisotopic (exact) mass is 392 g/mol. The molecule has 0 atom stereocenters. The van der Waals surface area contributed by atoms with Crippen molar-refractivity contribution >= 4 is 35.0 Å². The van der Waals surface area contributed by atoms with Crippen LogP contribution in [0, 0.1) is 13.8 Å². The van der Waals surface area contributed by atoms with Crippen LogP contribution in [0.1, 0.15) is 31.8 Å². The van der Waals surface area contributed by atoms with Crippen LogP contribution in [0.4, 0.5) is 11.4 Å². The fourth-order valence-electron chi connectivity index (χ4n) is 2.66. The summed E-state index contributed by atoms with van der Waals surface area (Å²) in [5, 5.41) is 12.2. The zero-order valence-electron chi connectivity index (χ0n) is 15.5. The van der Waals surface area contributed by atoms with Gasteiger partial charge >= 0.3 is 5.97 Å². The molecule has 0 spiro atoms. The van der Waals surface area contributed by atoms with E-state index in [0.29, 0.717) is 5.69 Å². The molecule has 0 bridgehead atoms. The van der Waals surface area contributed by atoms with Gasteiger partial charge in [0, 0.05) is 21.2 Å². The van der Waals surface area contributed by atoms with Crippen molar-refractivity contribution in [2.45, 2.75) is 23.6 Å². The van der Waals surface area contributed by atoms with Gasteiger partial charge in [-0.1, -0.05) is 11.8 Å². The van der Waals surface area contributed by atoms with E-state index in [1.807, 2.05) is 50.2 Å². The number of carbonyl (C=O) groups is 2. The Morgan fingerprint density at radius 1 is 0.857 bits per heavy atom.